The second-order valence-corrected chi connectivity index (χ2v) is 5.94. The molecule has 3 heterocycles. The van der Waals surface area contributed by atoms with Gasteiger partial charge >= 0.3 is 0 Å². The van der Waals surface area contributed by atoms with Gasteiger partial charge in [-0.05, 0) is 38.6 Å². The number of hydrogen-bond acceptors (Lipinski definition) is 4. The number of aliphatic hydroxyl groups excluding tert-OH is 1. The standard InChI is InChI=1S/C13H22N4O/c1-16-8-10(14-15-16)7-13(18)9-5-11-3-4-12(6-9)17(11)2/h8-9,11-13,18H,3-7H2,1-2H3. The number of nitrogens with zero attached hydrogens (tertiary/aromatic N) is 4. The third-order valence-corrected chi connectivity index (χ3v) is 4.75. The van der Waals surface area contributed by atoms with Crippen molar-refractivity contribution < 1.29 is 5.11 Å². The molecule has 2 aliphatic rings. The number of aryl methyl sites for hydroxylation is 1. The number of aliphatic hydroxyl groups is 1. The van der Waals surface area contributed by atoms with E-state index in [1.807, 2.05) is 13.2 Å². The summed E-state index contributed by atoms with van der Waals surface area (Å²) in [5.74, 6) is 0.431. The molecule has 3 unspecified atom stereocenters. The maximum Gasteiger partial charge on any atom is 0.0852 e. The van der Waals surface area contributed by atoms with Crippen molar-refractivity contribution in [2.24, 2.45) is 13.0 Å². The topological polar surface area (TPSA) is 54.2 Å². The number of piperidine rings is 1. The molecular formula is C13H22N4O. The fourth-order valence-corrected chi connectivity index (χ4v) is 3.64. The van der Waals surface area contributed by atoms with E-state index < -0.39 is 0 Å². The summed E-state index contributed by atoms with van der Waals surface area (Å²) in [4.78, 5) is 2.51. The van der Waals surface area contributed by atoms with Crippen molar-refractivity contribution in [2.75, 3.05) is 7.05 Å². The van der Waals surface area contributed by atoms with Gasteiger partial charge in [-0.25, -0.2) is 0 Å². The van der Waals surface area contributed by atoms with Gasteiger partial charge < -0.3 is 10.0 Å². The van der Waals surface area contributed by atoms with E-state index in [2.05, 4.69) is 22.3 Å². The van der Waals surface area contributed by atoms with Gasteiger partial charge in [0.25, 0.3) is 0 Å². The van der Waals surface area contributed by atoms with Gasteiger partial charge in [-0.15, -0.1) is 5.10 Å². The molecule has 5 nitrogen and oxygen atoms in total. The summed E-state index contributed by atoms with van der Waals surface area (Å²) >= 11 is 0. The van der Waals surface area contributed by atoms with Crippen LogP contribution < -0.4 is 0 Å². The average molecular weight is 250 g/mol. The summed E-state index contributed by atoms with van der Waals surface area (Å²) in [5.41, 5.74) is 0.899. The average Bonchev–Trinajstić information content (AvgIpc) is 2.80. The quantitative estimate of drug-likeness (QED) is 0.853. The minimum atomic E-state index is -0.265. The van der Waals surface area contributed by atoms with Gasteiger partial charge in [-0.2, -0.15) is 0 Å². The van der Waals surface area contributed by atoms with Crippen molar-refractivity contribution in [3.05, 3.63) is 11.9 Å². The highest BCUT2D eigenvalue weighted by Crippen LogP contribution is 2.39. The lowest BCUT2D eigenvalue weighted by Crippen LogP contribution is -2.43. The largest absolute Gasteiger partial charge is 0.392 e. The van der Waals surface area contributed by atoms with Crippen molar-refractivity contribution in [1.29, 1.82) is 0 Å². The van der Waals surface area contributed by atoms with Crippen molar-refractivity contribution in [3.8, 4) is 0 Å². The molecule has 0 aromatic carbocycles. The molecule has 3 atom stereocenters. The molecule has 1 N–H and O–H groups in total. The van der Waals surface area contributed by atoms with Gasteiger partial charge in [0.2, 0.25) is 0 Å². The van der Waals surface area contributed by atoms with E-state index >= 15 is 0 Å². The molecule has 100 valence electrons. The highest BCUT2D eigenvalue weighted by molar-refractivity contribution is 4.99. The Bertz CT molecular complexity index is 405. The molecular weight excluding hydrogens is 228 g/mol. The van der Waals surface area contributed by atoms with Crippen LogP contribution in [0, 0.1) is 5.92 Å². The van der Waals surface area contributed by atoms with Crippen LogP contribution in [0.3, 0.4) is 0 Å². The zero-order chi connectivity index (χ0) is 12.7. The molecule has 0 saturated carbocycles. The van der Waals surface area contributed by atoms with E-state index in [9.17, 15) is 5.11 Å². The van der Waals surface area contributed by atoms with Crippen molar-refractivity contribution in [1.82, 2.24) is 19.9 Å². The van der Waals surface area contributed by atoms with Crippen LogP contribution in [0.4, 0.5) is 0 Å². The second kappa shape index (κ2) is 4.63. The first kappa shape index (κ1) is 12.1. The fourth-order valence-electron chi connectivity index (χ4n) is 3.64. The number of hydrogen-bond donors (Lipinski definition) is 1. The summed E-state index contributed by atoms with van der Waals surface area (Å²) < 4.78 is 1.69. The summed E-state index contributed by atoms with van der Waals surface area (Å²) in [5, 5.41) is 18.4. The van der Waals surface area contributed by atoms with E-state index in [1.165, 1.54) is 12.8 Å². The van der Waals surface area contributed by atoms with Gasteiger partial charge in [-0.1, -0.05) is 5.21 Å². The van der Waals surface area contributed by atoms with E-state index in [1.54, 1.807) is 4.68 Å². The minimum Gasteiger partial charge on any atom is -0.392 e. The molecule has 1 aromatic heterocycles. The lowest BCUT2D eigenvalue weighted by Gasteiger charge is -2.38. The van der Waals surface area contributed by atoms with Crippen LogP contribution in [0.25, 0.3) is 0 Å². The summed E-state index contributed by atoms with van der Waals surface area (Å²) in [6, 6.07) is 1.37. The minimum absolute atomic E-state index is 0.265. The van der Waals surface area contributed by atoms with E-state index in [0.29, 0.717) is 24.4 Å². The number of rotatable bonds is 3. The molecule has 2 aliphatic heterocycles. The smallest absolute Gasteiger partial charge is 0.0852 e. The molecule has 0 radical (unpaired) electrons. The normalized spacial score (nSPS) is 33.8. The highest BCUT2D eigenvalue weighted by atomic mass is 16.3. The van der Waals surface area contributed by atoms with E-state index in [4.69, 9.17) is 0 Å². The molecule has 0 amide bonds. The van der Waals surface area contributed by atoms with Gasteiger partial charge in [-0.3, -0.25) is 4.68 Å². The Morgan fingerprint density at radius 2 is 2.00 bits per heavy atom. The number of fused-ring (bicyclic) bond motifs is 2. The number of aromatic nitrogens is 3. The van der Waals surface area contributed by atoms with Crippen LogP contribution in [0.15, 0.2) is 6.20 Å². The van der Waals surface area contributed by atoms with Gasteiger partial charge in [0, 0.05) is 31.7 Å². The Hall–Kier alpha value is -0.940. The fraction of sp³-hybridized carbons (Fsp3) is 0.846. The van der Waals surface area contributed by atoms with Crippen LogP contribution >= 0.6 is 0 Å². The van der Waals surface area contributed by atoms with Crippen molar-refractivity contribution in [3.63, 3.8) is 0 Å². The van der Waals surface area contributed by atoms with Crippen LogP contribution in [0.5, 0.6) is 0 Å². The van der Waals surface area contributed by atoms with Crippen molar-refractivity contribution >= 4 is 0 Å². The first-order valence-electron chi connectivity index (χ1n) is 6.88. The monoisotopic (exact) mass is 250 g/mol. The maximum absolute atomic E-state index is 10.4. The first-order chi connectivity index (χ1) is 8.63. The Morgan fingerprint density at radius 3 is 2.56 bits per heavy atom. The molecule has 1 aromatic rings. The lowest BCUT2D eigenvalue weighted by atomic mass is 9.85. The Labute approximate surface area is 108 Å². The summed E-state index contributed by atoms with van der Waals surface area (Å²) in [7, 11) is 4.09. The molecule has 3 rings (SSSR count). The van der Waals surface area contributed by atoms with Crippen LogP contribution in [-0.4, -0.2) is 50.2 Å². The molecule has 18 heavy (non-hydrogen) atoms. The molecule has 2 bridgehead atoms. The van der Waals surface area contributed by atoms with Gasteiger partial charge in [0.05, 0.1) is 11.8 Å². The van der Waals surface area contributed by atoms with Crippen LogP contribution in [0.2, 0.25) is 0 Å². The summed E-state index contributed by atoms with van der Waals surface area (Å²) in [6.45, 7) is 0. The van der Waals surface area contributed by atoms with Crippen molar-refractivity contribution in [2.45, 2.75) is 50.3 Å². The summed E-state index contributed by atoms with van der Waals surface area (Å²) in [6.07, 6.45) is 7.14. The maximum atomic E-state index is 10.4. The zero-order valence-corrected chi connectivity index (χ0v) is 11.2. The van der Waals surface area contributed by atoms with Crippen LogP contribution in [-0.2, 0) is 13.5 Å². The SMILES string of the molecule is CN1C2CCC1CC(C(O)Cc1cn(C)nn1)C2. The van der Waals surface area contributed by atoms with Gasteiger partial charge in [0.15, 0.2) is 0 Å². The molecule has 0 spiro atoms. The zero-order valence-electron chi connectivity index (χ0n) is 11.2. The Morgan fingerprint density at radius 1 is 1.33 bits per heavy atom. The van der Waals surface area contributed by atoms with E-state index in [-0.39, 0.29) is 6.10 Å². The predicted octanol–water partition coefficient (Wildman–Crippen LogP) is 0.591. The van der Waals surface area contributed by atoms with Crippen LogP contribution in [0.1, 0.15) is 31.4 Å². The van der Waals surface area contributed by atoms with Gasteiger partial charge in [0.1, 0.15) is 0 Å². The Balaban J connectivity index is 1.62. The molecule has 0 aliphatic carbocycles. The molecule has 2 saturated heterocycles. The molecule has 2 fully saturated rings. The third kappa shape index (κ3) is 2.17. The highest BCUT2D eigenvalue weighted by Gasteiger charge is 2.40. The first-order valence-corrected chi connectivity index (χ1v) is 6.88. The second-order valence-electron chi connectivity index (χ2n) is 5.94. The van der Waals surface area contributed by atoms with E-state index in [0.717, 1.165) is 18.5 Å². The predicted molar refractivity (Wildman–Crippen MR) is 68.0 cm³/mol. The lowest BCUT2D eigenvalue weighted by molar-refractivity contribution is 0.0363. The molecule has 5 heteroatoms. The third-order valence-electron chi connectivity index (χ3n) is 4.75. The Kier molecular flexibility index (Phi) is 3.11.